The van der Waals surface area contributed by atoms with E-state index in [1.54, 1.807) is 0 Å². The van der Waals surface area contributed by atoms with Crippen LogP contribution in [0.3, 0.4) is 0 Å². The summed E-state index contributed by atoms with van der Waals surface area (Å²) in [5, 5.41) is -0.335. The number of primary amides is 1. The Bertz CT molecular complexity index is 484. The Labute approximate surface area is 105 Å². The van der Waals surface area contributed by atoms with Crippen LogP contribution in [0.15, 0.2) is 65.6 Å². The highest BCUT2D eigenvalue weighted by molar-refractivity contribution is 8.00. The lowest BCUT2D eigenvalue weighted by Crippen LogP contribution is -2.18. The molecule has 2 aromatic carbocycles. The van der Waals surface area contributed by atoms with Gasteiger partial charge in [0.2, 0.25) is 5.91 Å². The van der Waals surface area contributed by atoms with Crippen molar-refractivity contribution in [1.82, 2.24) is 0 Å². The molecule has 0 aromatic heterocycles. The fraction of sp³-hybridized carbons (Fsp3) is 0.0714. The fourth-order valence-electron chi connectivity index (χ4n) is 1.55. The monoisotopic (exact) mass is 243 g/mol. The molecule has 3 heteroatoms. The first-order valence-corrected chi connectivity index (χ1v) is 6.21. The summed E-state index contributed by atoms with van der Waals surface area (Å²) in [4.78, 5) is 12.5. The maximum atomic E-state index is 11.5. The minimum Gasteiger partial charge on any atom is -0.368 e. The standard InChI is InChI=1S/C14H13NOS/c15-14(16)13(11-7-3-1-4-8-11)17-12-9-5-2-6-10-12/h1-10,13H,(H2,15,16)/t13-/m0/s1. The van der Waals surface area contributed by atoms with Crippen LogP contribution in [-0.4, -0.2) is 5.91 Å². The van der Waals surface area contributed by atoms with Gasteiger partial charge in [0.05, 0.1) is 0 Å². The number of carbonyl (C=O) groups is 1. The molecule has 2 nitrogen and oxygen atoms in total. The van der Waals surface area contributed by atoms with Crippen molar-refractivity contribution in [3.63, 3.8) is 0 Å². The summed E-state index contributed by atoms with van der Waals surface area (Å²) < 4.78 is 0. The van der Waals surface area contributed by atoms with Crippen LogP contribution in [0.2, 0.25) is 0 Å². The SMILES string of the molecule is NC(=O)[C@@H](Sc1ccccc1)c1ccccc1. The first-order chi connectivity index (χ1) is 8.27. The number of amides is 1. The van der Waals surface area contributed by atoms with Crippen molar-refractivity contribution < 1.29 is 4.79 Å². The molecule has 86 valence electrons. The van der Waals surface area contributed by atoms with Crippen LogP contribution in [0.4, 0.5) is 0 Å². The van der Waals surface area contributed by atoms with E-state index in [4.69, 9.17) is 5.73 Å². The lowest BCUT2D eigenvalue weighted by atomic mass is 10.1. The average Bonchev–Trinajstić information content (AvgIpc) is 2.38. The lowest BCUT2D eigenvalue weighted by molar-refractivity contribution is -0.117. The highest BCUT2D eigenvalue weighted by Gasteiger charge is 2.18. The fourth-order valence-corrected chi connectivity index (χ4v) is 2.55. The second-order valence-electron chi connectivity index (χ2n) is 3.62. The third-order valence-electron chi connectivity index (χ3n) is 2.36. The molecule has 1 atom stereocenters. The average molecular weight is 243 g/mol. The first-order valence-electron chi connectivity index (χ1n) is 5.33. The van der Waals surface area contributed by atoms with Gasteiger partial charge in [0.1, 0.15) is 5.25 Å². The van der Waals surface area contributed by atoms with E-state index in [0.717, 1.165) is 10.5 Å². The van der Waals surface area contributed by atoms with Crippen LogP contribution in [0.25, 0.3) is 0 Å². The van der Waals surface area contributed by atoms with E-state index < -0.39 is 0 Å². The molecule has 0 aliphatic carbocycles. The van der Waals surface area contributed by atoms with Crippen LogP contribution in [-0.2, 0) is 4.79 Å². The van der Waals surface area contributed by atoms with Crippen LogP contribution in [0, 0.1) is 0 Å². The van der Waals surface area contributed by atoms with E-state index >= 15 is 0 Å². The van der Waals surface area contributed by atoms with Gasteiger partial charge in [0.15, 0.2) is 0 Å². The molecule has 1 amide bonds. The molecule has 17 heavy (non-hydrogen) atoms. The topological polar surface area (TPSA) is 43.1 Å². The summed E-state index contributed by atoms with van der Waals surface area (Å²) in [6.07, 6.45) is 0. The molecule has 0 heterocycles. The van der Waals surface area contributed by atoms with Gasteiger partial charge >= 0.3 is 0 Å². The van der Waals surface area contributed by atoms with E-state index in [9.17, 15) is 4.79 Å². The van der Waals surface area contributed by atoms with Gasteiger partial charge in [-0.3, -0.25) is 4.79 Å². The summed E-state index contributed by atoms with van der Waals surface area (Å²) in [5.41, 5.74) is 6.40. The Morgan fingerprint density at radius 2 is 1.47 bits per heavy atom. The smallest absolute Gasteiger partial charge is 0.235 e. The Hall–Kier alpha value is -1.74. The molecule has 0 fully saturated rings. The molecule has 0 aliphatic heterocycles. The van der Waals surface area contributed by atoms with Crippen LogP contribution in [0.5, 0.6) is 0 Å². The quantitative estimate of drug-likeness (QED) is 0.839. The zero-order valence-corrected chi connectivity index (χ0v) is 10.1. The van der Waals surface area contributed by atoms with E-state index in [2.05, 4.69) is 0 Å². The predicted molar refractivity (Wildman–Crippen MR) is 70.7 cm³/mol. The van der Waals surface area contributed by atoms with Crippen LogP contribution < -0.4 is 5.73 Å². The summed E-state index contributed by atoms with van der Waals surface area (Å²) >= 11 is 1.48. The van der Waals surface area contributed by atoms with Gasteiger partial charge in [-0.2, -0.15) is 0 Å². The second-order valence-corrected chi connectivity index (χ2v) is 4.80. The summed E-state index contributed by atoms with van der Waals surface area (Å²) in [7, 11) is 0. The number of benzene rings is 2. The van der Waals surface area contributed by atoms with E-state index in [-0.39, 0.29) is 11.2 Å². The molecule has 2 rings (SSSR count). The number of hydrogen-bond acceptors (Lipinski definition) is 2. The molecule has 2 N–H and O–H groups in total. The molecule has 0 bridgehead atoms. The molecule has 0 unspecified atom stereocenters. The van der Waals surface area contributed by atoms with E-state index in [0.29, 0.717) is 0 Å². The molecule has 0 spiro atoms. The molecule has 0 saturated carbocycles. The minimum atomic E-state index is -0.335. The Morgan fingerprint density at radius 3 is 2.00 bits per heavy atom. The number of hydrogen-bond donors (Lipinski definition) is 1. The third kappa shape index (κ3) is 3.11. The van der Waals surface area contributed by atoms with Gasteiger partial charge in [-0.25, -0.2) is 0 Å². The van der Waals surface area contributed by atoms with Gasteiger partial charge in [0, 0.05) is 4.90 Å². The maximum Gasteiger partial charge on any atom is 0.235 e. The first kappa shape index (κ1) is 11.7. The zero-order chi connectivity index (χ0) is 12.1. The van der Waals surface area contributed by atoms with Crippen molar-refractivity contribution >= 4 is 17.7 Å². The largest absolute Gasteiger partial charge is 0.368 e. The van der Waals surface area contributed by atoms with E-state index in [1.807, 2.05) is 60.7 Å². The molecular formula is C14H13NOS. The van der Waals surface area contributed by atoms with Crippen LogP contribution >= 0.6 is 11.8 Å². The lowest BCUT2D eigenvalue weighted by Gasteiger charge is -2.13. The maximum absolute atomic E-state index is 11.5. The molecular weight excluding hydrogens is 230 g/mol. The van der Waals surface area contributed by atoms with Crippen molar-refractivity contribution in [2.75, 3.05) is 0 Å². The van der Waals surface area contributed by atoms with E-state index in [1.165, 1.54) is 11.8 Å². The highest BCUT2D eigenvalue weighted by Crippen LogP contribution is 2.34. The van der Waals surface area contributed by atoms with Gasteiger partial charge in [-0.15, -0.1) is 11.8 Å². The highest BCUT2D eigenvalue weighted by atomic mass is 32.2. The molecule has 0 aliphatic rings. The Morgan fingerprint density at radius 1 is 0.941 bits per heavy atom. The zero-order valence-electron chi connectivity index (χ0n) is 9.24. The van der Waals surface area contributed by atoms with Crippen molar-refractivity contribution in [3.05, 3.63) is 66.2 Å². The molecule has 0 radical (unpaired) electrons. The second kappa shape index (κ2) is 5.55. The van der Waals surface area contributed by atoms with Gasteiger partial charge < -0.3 is 5.73 Å². The van der Waals surface area contributed by atoms with Crippen molar-refractivity contribution in [3.8, 4) is 0 Å². The molecule has 0 saturated heterocycles. The number of carbonyl (C=O) groups excluding carboxylic acids is 1. The van der Waals surface area contributed by atoms with Crippen molar-refractivity contribution in [1.29, 1.82) is 0 Å². The predicted octanol–water partition coefficient (Wildman–Crippen LogP) is 3.01. The summed E-state index contributed by atoms with van der Waals surface area (Å²) in [6, 6.07) is 19.4. The van der Waals surface area contributed by atoms with Gasteiger partial charge in [-0.05, 0) is 17.7 Å². The summed E-state index contributed by atoms with van der Waals surface area (Å²) in [6.45, 7) is 0. The number of rotatable bonds is 4. The third-order valence-corrected chi connectivity index (χ3v) is 3.64. The summed E-state index contributed by atoms with van der Waals surface area (Å²) in [5.74, 6) is -0.315. The Kier molecular flexibility index (Phi) is 3.83. The molecule has 2 aromatic rings. The minimum absolute atomic E-state index is 0.315. The Balaban J connectivity index is 2.23. The normalized spacial score (nSPS) is 12.0. The van der Waals surface area contributed by atoms with Crippen molar-refractivity contribution in [2.24, 2.45) is 5.73 Å². The van der Waals surface area contributed by atoms with Crippen molar-refractivity contribution in [2.45, 2.75) is 10.1 Å². The number of nitrogens with two attached hydrogens (primary N) is 1. The van der Waals surface area contributed by atoms with Crippen LogP contribution in [0.1, 0.15) is 10.8 Å². The van der Waals surface area contributed by atoms with Gasteiger partial charge in [0.25, 0.3) is 0 Å². The van der Waals surface area contributed by atoms with Gasteiger partial charge in [-0.1, -0.05) is 48.5 Å². The number of thioether (sulfide) groups is 1.